The van der Waals surface area contributed by atoms with Crippen molar-refractivity contribution in [3.05, 3.63) is 273 Å². The zero-order chi connectivity index (χ0) is 66.2. The maximum atomic E-state index is 8.06. The summed E-state index contributed by atoms with van der Waals surface area (Å²) in [7, 11) is 8.28. The highest BCUT2D eigenvalue weighted by Crippen LogP contribution is 2.35. The lowest BCUT2D eigenvalue weighted by molar-refractivity contribution is -0.661. The van der Waals surface area contributed by atoms with E-state index in [0.29, 0.717) is 22.9 Å². The highest BCUT2D eigenvalue weighted by atomic mass is 15.4. The molecule has 1 aliphatic rings. The van der Waals surface area contributed by atoms with Gasteiger partial charge in [-0.1, -0.05) is 178 Å². The largest absolute Gasteiger partial charge is 0.359 e. The van der Waals surface area contributed by atoms with Crippen LogP contribution >= 0.6 is 0 Å². The van der Waals surface area contributed by atoms with E-state index in [2.05, 4.69) is 255 Å². The van der Waals surface area contributed by atoms with E-state index in [1.165, 1.54) is 101 Å². The zero-order valence-electron chi connectivity index (χ0n) is 59.3. The number of pyridine rings is 3. The third-order valence-electron chi connectivity index (χ3n) is 17.1. The molecule has 3 aromatic heterocycles. The summed E-state index contributed by atoms with van der Waals surface area (Å²) in [6, 6.07) is 59.0. The Morgan fingerprint density at radius 2 is 0.744 bits per heavy atom. The minimum absolute atomic E-state index is 0. The van der Waals surface area contributed by atoms with E-state index in [1.807, 2.05) is 74.1 Å². The first-order valence-electron chi connectivity index (χ1n) is 32.9. The molecule has 5 heteroatoms. The number of nitrogens with zero attached hydrogens (tertiary/aromatic N) is 5. The molecule has 0 N–H and O–H groups in total. The Morgan fingerprint density at radius 1 is 0.378 bits per heavy atom. The van der Waals surface area contributed by atoms with Crippen molar-refractivity contribution in [1.29, 1.82) is 0 Å². The molecule has 472 valence electrons. The first kappa shape index (κ1) is 65.8. The fraction of sp³-hybridized carbons (Fsp3) is 0.306. The molecule has 0 spiro atoms. The summed E-state index contributed by atoms with van der Waals surface area (Å²) in [6.07, 6.45) is 11.7. The van der Waals surface area contributed by atoms with Gasteiger partial charge in [0, 0.05) is 83.6 Å². The van der Waals surface area contributed by atoms with E-state index in [0.717, 1.165) is 40.8 Å². The van der Waals surface area contributed by atoms with Crippen molar-refractivity contribution in [2.45, 2.75) is 152 Å². The van der Waals surface area contributed by atoms with Gasteiger partial charge in [-0.2, -0.15) is 0 Å². The van der Waals surface area contributed by atoms with E-state index < -0.39 is 13.2 Å². The quantitative estimate of drug-likeness (QED) is 0.127. The second-order valence-electron chi connectivity index (χ2n) is 23.3. The average molecular weight is 1210 g/mol. The normalized spacial score (nSPS) is 13.0. The van der Waals surface area contributed by atoms with Crippen LogP contribution in [0.1, 0.15) is 137 Å². The van der Waals surface area contributed by atoms with Crippen LogP contribution in [0.5, 0.6) is 0 Å². The second-order valence-corrected chi connectivity index (χ2v) is 23.3. The number of anilines is 1. The third-order valence-corrected chi connectivity index (χ3v) is 17.1. The molecule has 5 nitrogen and oxygen atoms in total. The van der Waals surface area contributed by atoms with Gasteiger partial charge in [0.2, 0.25) is 17.1 Å². The van der Waals surface area contributed by atoms with Gasteiger partial charge in [-0.15, -0.1) is 0 Å². The van der Waals surface area contributed by atoms with E-state index in [9.17, 15) is 0 Å². The van der Waals surface area contributed by atoms with Gasteiger partial charge in [0.25, 0.3) is 0 Å². The zero-order valence-corrected chi connectivity index (χ0v) is 54.3. The monoisotopic (exact) mass is 1210 g/mol. The standard InChI is InChI=1S/3C23H26N.C12H16N2.4CH4/c2*1-6-19-15-24(5)23(13-16(19)2)22-14-21(17(3)12-18(22)4)20-10-8-7-9-11-20;1-6-19-13-23(24(5)15-18(19)4)22-14-21(16(2)12-17(22)3)20-10-8-7-9-11-20;1-10-6-4-5-7-12(10)14-9-8-13(3)11(14)2;;;;/h3*7-15H,6H2,1-5H3;4-9,11H,1-3H3;4*1H4/q3*+1;;;;;/i3D3,6D2;;;;;;;. The van der Waals surface area contributed by atoms with Crippen LogP contribution in [0.3, 0.4) is 0 Å². The molecule has 11 rings (SSSR count). The molecule has 4 heterocycles. The molecule has 0 amide bonds. The lowest BCUT2D eigenvalue weighted by Crippen LogP contribution is -2.33. The molecule has 0 saturated carbocycles. The van der Waals surface area contributed by atoms with E-state index in [4.69, 9.17) is 6.85 Å². The third kappa shape index (κ3) is 17.0. The van der Waals surface area contributed by atoms with E-state index >= 15 is 0 Å². The molecule has 10 aromatic rings. The fourth-order valence-corrected chi connectivity index (χ4v) is 11.9. The smallest absolute Gasteiger partial charge is 0.212 e. The molecule has 0 fully saturated rings. The Morgan fingerprint density at radius 3 is 1.14 bits per heavy atom. The van der Waals surface area contributed by atoms with E-state index in [-0.39, 0.29) is 29.7 Å². The van der Waals surface area contributed by atoms with Crippen LogP contribution in [0.4, 0.5) is 5.69 Å². The number of para-hydroxylation sites is 1. The number of aryl methyl sites for hydroxylation is 16. The number of rotatable bonds is 10. The Labute approximate surface area is 553 Å². The van der Waals surface area contributed by atoms with Crippen molar-refractivity contribution in [2.24, 2.45) is 21.1 Å². The molecule has 90 heavy (non-hydrogen) atoms. The number of aromatic nitrogens is 3. The SMILES string of the molecule is C.C.C.C.CCc1c[n+](C)c(-c2cc(-c3ccccc3)c(C)cc2C)cc1C.CCc1cc(-c2cc(-c3ccccc3)c(C)cc2C)[n+](C)cc1C.Cc1ccccc1N1C=CN(C)C1C.[2H]C([2H])([2H])c1cc(C)c(-c2cc(C)c(C([2H])([2H])C)c[n+]2C)cc1-c1ccccc1. The highest BCUT2D eigenvalue weighted by Gasteiger charge is 2.23. The van der Waals surface area contributed by atoms with Crippen molar-refractivity contribution in [3.8, 4) is 67.2 Å². The Balaban J connectivity index is 0.000000272. The summed E-state index contributed by atoms with van der Waals surface area (Å²) in [6.45, 7) is 25.2. The Bertz CT molecular complexity index is 4220. The van der Waals surface area contributed by atoms with Crippen molar-refractivity contribution in [1.82, 2.24) is 4.90 Å². The molecule has 1 atom stereocenters. The predicted octanol–water partition coefficient (Wildman–Crippen LogP) is 21.1. The van der Waals surface area contributed by atoms with Crippen LogP contribution in [-0.2, 0) is 40.4 Å². The number of hydrogen-bond donors (Lipinski definition) is 0. The fourth-order valence-electron chi connectivity index (χ4n) is 11.9. The molecule has 0 radical (unpaired) electrons. The summed E-state index contributed by atoms with van der Waals surface area (Å²) in [5.41, 5.74) is 30.0. The minimum atomic E-state index is -2.21. The van der Waals surface area contributed by atoms with Gasteiger partial charge in [-0.3, -0.25) is 0 Å². The molecule has 0 bridgehead atoms. The molecule has 7 aromatic carbocycles. The maximum absolute atomic E-state index is 8.06. The van der Waals surface area contributed by atoms with Crippen LogP contribution in [0.15, 0.2) is 201 Å². The summed E-state index contributed by atoms with van der Waals surface area (Å²) in [4.78, 5) is 4.49. The van der Waals surface area contributed by atoms with Crippen LogP contribution in [0.2, 0.25) is 0 Å². The predicted molar refractivity (Wildman–Crippen MR) is 393 cm³/mol. The minimum Gasteiger partial charge on any atom is -0.359 e. The lowest BCUT2D eigenvalue weighted by Gasteiger charge is -2.28. The summed E-state index contributed by atoms with van der Waals surface area (Å²) >= 11 is 0. The van der Waals surface area contributed by atoms with Crippen molar-refractivity contribution in [3.63, 3.8) is 0 Å². The summed E-state index contributed by atoms with van der Waals surface area (Å²) in [5.74, 6) is 0. The molecule has 0 aliphatic carbocycles. The van der Waals surface area contributed by atoms with Gasteiger partial charge in [-0.05, 0) is 209 Å². The summed E-state index contributed by atoms with van der Waals surface area (Å²) < 4.78 is 46.5. The van der Waals surface area contributed by atoms with Gasteiger partial charge in [-0.25, -0.2) is 13.7 Å². The van der Waals surface area contributed by atoms with Crippen LogP contribution in [0.25, 0.3) is 67.2 Å². The van der Waals surface area contributed by atoms with Crippen molar-refractivity contribution in [2.75, 3.05) is 11.9 Å². The van der Waals surface area contributed by atoms with Gasteiger partial charge < -0.3 is 9.80 Å². The summed E-state index contributed by atoms with van der Waals surface area (Å²) in [5, 5.41) is 0. The highest BCUT2D eigenvalue weighted by molar-refractivity contribution is 5.78. The van der Waals surface area contributed by atoms with Gasteiger partial charge in [0.15, 0.2) is 18.6 Å². The first-order chi connectivity index (χ1) is 43.1. The second kappa shape index (κ2) is 33.2. The number of benzene rings is 7. The lowest BCUT2D eigenvalue weighted by atomic mass is 9.92. The number of hydrogen-bond acceptors (Lipinski definition) is 2. The maximum Gasteiger partial charge on any atom is 0.212 e. The topological polar surface area (TPSA) is 18.1 Å². The molecule has 1 aliphatic heterocycles. The van der Waals surface area contributed by atoms with Crippen LogP contribution < -0.4 is 18.6 Å². The van der Waals surface area contributed by atoms with Crippen LogP contribution in [0, 0.1) is 69.2 Å². The van der Waals surface area contributed by atoms with Gasteiger partial charge >= 0.3 is 0 Å². The molecular weight excluding hydrogens is 1090 g/mol. The van der Waals surface area contributed by atoms with Gasteiger partial charge in [0.1, 0.15) is 27.3 Å². The average Bonchev–Trinajstić information content (AvgIpc) is 1.40. The molecule has 0 saturated heterocycles. The van der Waals surface area contributed by atoms with Gasteiger partial charge in [0.05, 0.1) is 0 Å². The van der Waals surface area contributed by atoms with Crippen LogP contribution in [-0.4, -0.2) is 18.1 Å². The Kier molecular flexibility index (Phi) is 24.3. The van der Waals surface area contributed by atoms with E-state index in [1.54, 1.807) is 13.0 Å². The molecule has 1 unspecified atom stereocenters. The Hall–Kier alpha value is -8.67. The van der Waals surface area contributed by atoms with Crippen molar-refractivity contribution < 1.29 is 20.6 Å². The van der Waals surface area contributed by atoms with Crippen molar-refractivity contribution >= 4 is 5.69 Å². The first-order valence-corrected chi connectivity index (χ1v) is 30.4. The molecular formula is C85H110N5+3.